The molecule has 0 aromatic carbocycles. The average molecular weight is 970 g/mol. The number of hydrogen-bond donors (Lipinski definition) is 1. The molecular weight excluding hydrogens is 861 g/mol. The highest BCUT2D eigenvalue weighted by Gasteiger charge is 2.16. The Balaban J connectivity index is 3.61. The van der Waals surface area contributed by atoms with Gasteiger partial charge in [-0.3, -0.25) is 9.59 Å². The van der Waals surface area contributed by atoms with Crippen molar-refractivity contribution in [2.45, 2.75) is 264 Å². The highest BCUT2D eigenvalue weighted by molar-refractivity contribution is 5.70. The Morgan fingerprint density at radius 3 is 0.929 bits per heavy atom. The summed E-state index contributed by atoms with van der Waals surface area (Å²) < 4.78 is 10.7. The standard InChI is InChI=1S/C65H108O5/c1-3-5-7-9-11-13-15-17-19-21-23-24-25-26-27-28-29-30-31-32-33-34-35-36-37-38-39-40-42-44-46-48-50-52-54-56-58-60-65(68)70-63(61-66)62-69-64(67)59-57-55-53-51-49-47-45-43-41-22-20-18-16-14-12-10-8-6-4-2/h5,7,11,13,17,19,23-24,26-27,29-30,32-33,35-36,38-39,42,44,63,66H,3-4,6,8-10,12,14-16,18,20-22,25,28,31,34,37,40-41,43,45-62H2,1-2H3/b7-5-,13-11-,19-17-,24-23-,27-26-,30-29-,33-32-,36-35-,39-38-,44-42-. The van der Waals surface area contributed by atoms with Crippen LogP contribution in [0.25, 0.3) is 0 Å². The topological polar surface area (TPSA) is 72.8 Å². The van der Waals surface area contributed by atoms with Gasteiger partial charge in [0, 0.05) is 12.8 Å². The number of hydrogen-bond acceptors (Lipinski definition) is 5. The van der Waals surface area contributed by atoms with Crippen molar-refractivity contribution in [2.24, 2.45) is 0 Å². The zero-order valence-corrected chi connectivity index (χ0v) is 45.5. The number of allylic oxidation sites excluding steroid dienone is 20. The van der Waals surface area contributed by atoms with Crippen LogP contribution in [0.5, 0.6) is 0 Å². The van der Waals surface area contributed by atoms with E-state index in [-0.39, 0.29) is 25.2 Å². The Morgan fingerprint density at radius 2 is 0.614 bits per heavy atom. The van der Waals surface area contributed by atoms with E-state index in [0.29, 0.717) is 12.8 Å². The molecule has 70 heavy (non-hydrogen) atoms. The van der Waals surface area contributed by atoms with Crippen LogP contribution in [0.1, 0.15) is 258 Å². The monoisotopic (exact) mass is 969 g/mol. The molecule has 0 aliphatic heterocycles. The van der Waals surface area contributed by atoms with Crippen molar-refractivity contribution in [1.29, 1.82) is 0 Å². The SMILES string of the molecule is CC/C=C\C/C=C\C/C=C\C/C=C\C/C=C\C/C=C\C/C=C\C/C=C\C/C=C\C/C=C\CCCCCCCCC(=O)OC(CO)COC(=O)CCCCCCCCCCCCCCCCCCCCC. The smallest absolute Gasteiger partial charge is 0.306 e. The lowest BCUT2D eigenvalue weighted by Gasteiger charge is -2.15. The van der Waals surface area contributed by atoms with Gasteiger partial charge in [0.1, 0.15) is 6.61 Å². The number of ether oxygens (including phenoxy) is 2. The molecule has 0 aliphatic carbocycles. The van der Waals surface area contributed by atoms with Gasteiger partial charge in [-0.2, -0.15) is 0 Å². The number of esters is 2. The minimum Gasteiger partial charge on any atom is -0.462 e. The van der Waals surface area contributed by atoms with E-state index in [9.17, 15) is 14.7 Å². The second kappa shape index (κ2) is 59.6. The third-order valence-electron chi connectivity index (χ3n) is 12.3. The largest absolute Gasteiger partial charge is 0.462 e. The summed E-state index contributed by atoms with van der Waals surface area (Å²) >= 11 is 0. The van der Waals surface area contributed by atoms with E-state index >= 15 is 0 Å². The summed E-state index contributed by atoms with van der Waals surface area (Å²) in [6.45, 7) is 4.03. The van der Waals surface area contributed by atoms with Gasteiger partial charge in [-0.1, -0.05) is 277 Å². The van der Waals surface area contributed by atoms with E-state index in [1.54, 1.807) is 0 Å². The van der Waals surface area contributed by atoms with E-state index in [4.69, 9.17) is 9.47 Å². The van der Waals surface area contributed by atoms with Crippen LogP contribution >= 0.6 is 0 Å². The van der Waals surface area contributed by atoms with Crippen molar-refractivity contribution in [1.82, 2.24) is 0 Å². The predicted octanol–water partition coefficient (Wildman–Crippen LogP) is 19.9. The lowest BCUT2D eigenvalue weighted by atomic mass is 10.0. The summed E-state index contributed by atoms with van der Waals surface area (Å²) in [7, 11) is 0. The van der Waals surface area contributed by atoms with Crippen LogP contribution in [0.2, 0.25) is 0 Å². The molecule has 398 valence electrons. The molecule has 0 fully saturated rings. The van der Waals surface area contributed by atoms with Crippen molar-refractivity contribution in [3.8, 4) is 0 Å². The number of carbonyl (C=O) groups is 2. The normalized spacial score (nSPS) is 13.1. The Bertz CT molecular complexity index is 1420. The van der Waals surface area contributed by atoms with Crippen LogP contribution < -0.4 is 0 Å². The van der Waals surface area contributed by atoms with Gasteiger partial charge in [0.15, 0.2) is 6.10 Å². The molecule has 5 nitrogen and oxygen atoms in total. The Kier molecular flexibility index (Phi) is 56.5. The lowest BCUT2D eigenvalue weighted by molar-refractivity contribution is -0.161. The molecule has 1 unspecified atom stereocenters. The molecule has 0 bridgehead atoms. The maximum atomic E-state index is 12.3. The maximum absolute atomic E-state index is 12.3. The van der Waals surface area contributed by atoms with Gasteiger partial charge in [0.2, 0.25) is 0 Å². The van der Waals surface area contributed by atoms with Gasteiger partial charge in [-0.25, -0.2) is 0 Å². The molecule has 0 aromatic heterocycles. The first kappa shape index (κ1) is 66.3. The number of carbonyl (C=O) groups excluding carboxylic acids is 2. The number of aliphatic hydroxyl groups is 1. The van der Waals surface area contributed by atoms with Crippen LogP contribution in [0.4, 0.5) is 0 Å². The number of rotatable bonds is 52. The second-order valence-corrected chi connectivity index (χ2v) is 19.0. The van der Waals surface area contributed by atoms with Gasteiger partial charge in [0.05, 0.1) is 6.61 Å². The average Bonchev–Trinajstić information content (AvgIpc) is 3.36. The number of aliphatic hydroxyl groups excluding tert-OH is 1. The minimum absolute atomic E-state index is 0.0754. The van der Waals surface area contributed by atoms with Gasteiger partial charge in [-0.05, 0) is 89.9 Å². The Hall–Kier alpha value is -3.70. The highest BCUT2D eigenvalue weighted by Crippen LogP contribution is 2.16. The molecule has 5 heteroatoms. The van der Waals surface area contributed by atoms with Crippen LogP contribution in [0.15, 0.2) is 122 Å². The molecule has 0 rings (SSSR count). The van der Waals surface area contributed by atoms with Crippen LogP contribution in [0, 0.1) is 0 Å². The first-order valence-electron chi connectivity index (χ1n) is 29.1. The molecule has 0 aromatic rings. The summed E-state index contributed by atoms with van der Waals surface area (Å²) in [6, 6.07) is 0. The molecule has 0 spiro atoms. The fourth-order valence-electron chi connectivity index (χ4n) is 7.94. The lowest BCUT2D eigenvalue weighted by Crippen LogP contribution is -2.28. The molecule has 0 aliphatic rings. The molecule has 1 atom stereocenters. The third kappa shape index (κ3) is 56.9. The maximum Gasteiger partial charge on any atom is 0.306 e. The van der Waals surface area contributed by atoms with Crippen molar-refractivity contribution in [3.05, 3.63) is 122 Å². The van der Waals surface area contributed by atoms with Crippen LogP contribution in [-0.2, 0) is 19.1 Å². The number of unbranched alkanes of at least 4 members (excludes halogenated alkanes) is 24. The molecule has 1 N–H and O–H groups in total. The molecule has 0 saturated carbocycles. The van der Waals surface area contributed by atoms with E-state index < -0.39 is 6.10 Å². The molecule has 0 amide bonds. The molecule has 0 heterocycles. The van der Waals surface area contributed by atoms with Crippen LogP contribution in [-0.4, -0.2) is 36.4 Å². The second-order valence-electron chi connectivity index (χ2n) is 19.0. The van der Waals surface area contributed by atoms with Gasteiger partial charge >= 0.3 is 11.9 Å². The van der Waals surface area contributed by atoms with Gasteiger partial charge in [-0.15, -0.1) is 0 Å². The van der Waals surface area contributed by atoms with Gasteiger partial charge < -0.3 is 14.6 Å². The molecule has 0 saturated heterocycles. The van der Waals surface area contributed by atoms with E-state index in [0.717, 1.165) is 109 Å². The van der Waals surface area contributed by atoms with Crippen molar-refractivity contribution < 1.29 is 24.2 Å². The quantitative estimate of drug-likeness (QED) is 0.0374. The van der Waals surface area contributed by atoms with E-state index in [1.807, 2.05) is 0 Å². The molecule has 0 radical (unpaired) electrons. The van der Waals surface area contributed by atoms with Crippen LogP contribution in [0.3, 0.4) is 0 Å². The summed E-state index contributed by atoms with van der Waals surface area (Å²) in [5, 5.41) is 9.65. The first-order valence-corrected chi connectivity index (χ1v) is 29.1. The fourth-order valence-corrected chi connectivity index (χ4v) is 7.94. The van der Waals surface area contributed by atoms with Gasteiger partial charge in [0.25, 0.3) is 0 Å². The summed E-state index contributed by atoms with van der Waals surface area (Å²) in [6.07, 6.45) is 87.4. The Labute approximate surface area is 433 Å². The summed E-state index contributed by atoms with van der Waals surface area (Å²) in [5.74, 6) is -0.606. The minimum atomic E-state index is -0.787. The zero-order chi connectivity index (χ0) is 50.6. The summed E-state index contributed by atoms with van der Waals surface area (Å²) in [4.78, 5) is 24.5. The van der Waals surface area contributed by atoms with Crippen molar-refractivity contribution in [3.63, 3.8) is 0 Å². The molecular formula is C65H108O5. The highest BCUT2D eigenvalue weighted by atomic mass is 16.6. The fraction of sp³-hybridized carbons (Fsp3) is 0.662. The van der Waals surface area contributed by atoms with E-state index in [1.165, 1.54) is 122 Å². The predicted molar refractivity (Wildman–Crippen MR) is 306 cm³/mol. The summed E-state index contributed by atoms with van der Waals surface area (Å²) in [5.41, 5.74) is 0. The third-order valence-corrected chi connectivity index (χ3v) is 12.3. The zero-order valence-electron chi connectivity index (χ0n) is 45.5. The Morgan fingerprint density at radius 1 is 0.343 bits per heavy atom. The van der Waals surface area contributed by atoms with Crippen molar-refractivity contribution >= 4 is 11.9 Å². The first-order chi connectivity index (χ1) is 34.6. The van der Waals surface area contributed by atoms with E-state index in [2.05, 4.69) is 135 Å². The van der Waals surface area contributed by atoms with Crippen molar-refractivity contribution in [2.75, 3.05) is 13.2 Å².